The van der Waals surface area contributed by atoms with Crippen LogP contribution in [0.2, 0.25) is 0 Å². The third kappa shape index (κ3) is 3.19. The van der Waals surface area contributed by atoms with Gasteiger partial charge in [-0.2, -0.15) is 0 Å². The maximum Gasteiger partial charge on any atom is 0.307 e. The van der Waals surface area contributed by atoms with Gasteiger partial charge in [0.25, 0.3) is 0 Å². The lowest BCUT2D eigenvalue weighted by molar-refractivity contribution is -0.142. The Kier molecular flexibility index (Phi) is 3.96. The van der Waals surface area contributed by atoms with Crippen LogP contribution in [0, 0.1) is 11.8 Å². The Morgan fingerprint density at radius 2 is 1.86 bits per heavy atom. The van der Waals surface area contributed by atoms with Gasteiger partial charge in [0, 0.05) is 6.54 Å². The fourth-order valence-electron chi connectivity index (χ4n) is 2.58. The first-order valence-electron chi connectivity index (χ1n) is 7.23. The zero-order valence-electron chi connectivity index (χ0n) is 12.0. The minimum atomic E-state index is -0.893. The highest BCUT2D eigenvalue weighted by atomic mass is 16.4. The predicted octanol–water partition coefficient (Wildman–Crippen LogP) is 2.53. The number of carboxylic acids is 1. The van der Waals surface area contributed by atoms with Crippen LogP contribution in [0.1, 0.15) is 17.7 Å². The molecule has 0 unspecified atom stereocenters. The van der Waals surface area contributed by atoms with E-state index in [1.807, 2.05) is 36.4 Å². The van der Waals surface area contributed by atoms with Gasteiger partial charge >= 0.3 is 5.97 Å². The maximum absolute atomic E-state index is 12.6. The van der Waals surface area contributed by atoms with E-state index in [4.69, 9.17) is 9.52 Å². The van der Waals surface area contributed by atoms with Crippen molar-refractivity contribution in [1.29, 1.82) is 0 Å². The largest absolute Gasteiger partial charge is 0.481 e. The van der Waals surface area contributed by atoms with Crippen molar-refractivity contribution in [3.63, 3.8) is 0 Å². The normalized spacial score (nSPS) is 19.6. The quantitative estimate of drug-likeness (QED) is 0.889. The molecule has 1 fully saturated rings. The summed E-state index contributed by atoms with van der Waals surface area (Å²) in [6.45, 7) is 0.798. The molecule has 22 heavy (non-hydrogen) atoms. The molecule has 0 radical (unpaired) electrons. The number of rotatable bonds is 6. The lowest BCUT2D eigenvalue weighted by atomic mass is 10.2. The van der Waals surface area contributed by atoms with Gasteiger partial charge < -0.3 is 14.4 Å². The van der Waals surface area contributed by atoms with Crippen molar-refractivity contribution >= 4 is 11.9 Å². The average Bonchev–Trinajstić information content (AvgIpc) is 3.17. The Labute approximate surface area is 128 Å². The summed E-state index contributed by atoms with van der Waals surface area (Å²) in [5.41, 5.74) is 1.01. The first-order chi connectivity index (χ1) is 10.6. The maximum atomic E-state index is 12.6. The Hall–Kier alpha value is -2.56. The zero-order chi connectivity index (χ0) is 15.5. The fraction of sp³-hybridized carbons (Fsp3) is 0.294. The molecule has 2 atom stereocenters. The second kappa shape index (κ2) is 6.05. The second-order valence-corrected chi connectivity index (χ2v) is 5.55. The van der Waals surface area contributed by atoms with Crippen LogP contribution in [0.15, 0.2) is 53.1 Å². The summed E-state index contributed by atoms with van der Waals surface area (Å²) in [6, 6.07) is 13.2. The van der Waals surface area contributed by atoms with E-state index in [0.29, 0.717) is 25.3 Å². The van der Waals surface area contributed by atoms with Crippen molar-refractivity contribution in [2.75, 3.05) is 0 Å². The van der Waals surface area contributed by atoms with Gasteiger partial charge in [-0.05, 0) is 24.1 Å². The molecule has 1 aromatic carbocycles. The Morgan fingerprint density at radius 1 is 1.09 bits per heavy atom. The molecule has 1 heterocycles. The average molecular weight is 299 g/mol. The van der Waals surface area contributed by atoms with Crippen molar-refractivity contribution in [2.45, 2.75) is 19.5 Å². The summed E-state index contributed by atoms with van der Waals surface area (Å²) in [6.07, 6.45) is 2.00. The Balaban J connectivity index is 1.74. The highest BCUT2D eigenvalue weighted by Crippen LogP contribution is 2.40. The van der Waals surface area contributed by atoms with Crippen LogP contribution >= 0.6 is 0 Å². The molecule has 3 rings (SSSR count). The molecule has 0 aliphatic heterocycles. The molecule has 1 saturated carbocycles. The number of aliphatic carboxylic acids is 1. The van der Waals surface area contributed by atoms with Gasteiger partial charge in [-0.25, -0.2) is 0 Å². The molecule has 5 nitrogen and oxygen atoms in total. The fourth-order valence-corrected chi connectivity index (χ4v) is 2.58. The summed E-state index contributed by atoms with van der Waals surface area (Å²) >= 11 is 0. The SMILES string of the molecule is O=C(O)[C@H]1C[C@@H]1C(=O)N(Cc1ccccc1)Cc1ccco1. The van der Waals surface area contributed by atoms with Crippen LogP contribution in [-0.4, -0.2) is 21.9 Å². The van der Waals surface area contributed by atoms with Crippen LogP contribution in [0.3, 0.4) is 0 Å². The summed E-state index contributed by atoms with van der Waals surface area (Å²) in [7, 11) is 0. The molecular weight excluding hydrogens is 282 g/mol. The number of benzene rings is 1. The third-order valence-corrected chi connectivity index (χ3v) is 3.88. The third-order valence-electron chi connectivity index (χ3n) is 3.88. The van der Waals surface area contributed by atoms with Gasteiger partial charge in [0.1, 0.15) is 5.76 Å². The zero-order valence-corrected chi connectivity index (χ0v) is 12.0. The molecule has 0 saturated heterocycles. The molecule has 114 valence electrons. The van der Waals surface area contributed by atoms with E-state index in [0.717, 1.165) is 5.56 Å². The van der Waals surface area contributed by atoms with Gasteiger partial charge in [0.2, 0.25) is 5.91 Å². The van der Waals surface area contributed by atoms with Crippen molar-refractivity contribution in [1.82, 2.24) is 4.90 Å². The number of furan rings is 1. The van der Waals surface area contributed by atoms with Crippen molar-refractivity contribution in [3.8, 4) is 0 Å². The van der Waals surface area contributed by atoms with E-state index in [9.17, 15) is 9.59 Å². The van der Waals surface area contributed by atoms with E-state index < -0.39 is 17.8 Å². The first kappa shape index (κ1) is 14.4. The number of amides is 1. The van der Waals surface area contributed by atoms with Gasteiger partial charge in [-0.3, -0.25) is 9.59 Å². The minimum Gasteiger partial charge on any atom is -0.481 e. The summed E-state index contributed by atoms with van der Waals surface area (Å²) in [5.74, 6) is -1.26. The number of carbonyl (C=O) groups excluding carboxylic acids is 1. The summed E-state index contributed by atoms with van der Waals surface area (Å²) < 4.78 is 5.32. The molecule has 1 aliphatic rings. The van der Waals surface area contributed by atoms with Gasteiger partial charge in [-0.1, -0.05) is 30.3 Å². The molecule has 1 aliphatic carbocycles. The summed E-state index contributed by atoms with van der Waals surface area (Å²) in [4.78, 5) is 25.2. The van der Waals surface area contributed by atoms with E-state index in [2.05, 4.69) is 0 Å². The van der Waals surface area contributed by atoms with Crippen LogP contribution in [0.25, 0.3) is 0 Å². The minimum absolute atomic E-state index is 0.118. The van der Waals surface area contributed by atoms with E-state index in [1.165, 1.54) is 0 Å². The highest BCUT2D eigenvalue weighted by molar-refractivity contribution is 5.89. The topological polar surface area (TPSA) is 70.8 Å². The number of nitrogens with zero attached hydrogens (tertiary/aromatic N) is 1. The number of hydrogen-bond acceptors (Lipinski definition) is 3. The monoisotopic (exact) mass is 299 g/mol. The van der Waals surface area contributed by atoms with Gasteiger partial charge in [0.05, 0.1) is 24.6 Å². The lowest BCUT2D eigenvalue weighted by Crippen LogP contribution is -2.32. The lowest BCUT2D eigenvalue weighted by Gasteiger charge is -2.22. The highest BCUT2D eigenvalue weighted by Gasteiger charge is 2.49. The molecule has 1 N–H and O–H groups in total. The van der Waals surface area contributed by atoms with Gasteiger partial charge in [0.15, 0.2) is 0 Å². The van der Waals surface area contributed by atoms with Crippen molar-refractivity contribution in [3.05, 3.63) is 60.1 Å². The van der Waals surface area contributed by atoms with E-state index >= 15 is 0 Å². The van der Waals surface area contributed by atoms with Crippen LogP contribution in [0.4, 0.5) is 0 Å². The molecular formula is C17H17NO4. The Morgan fingerprint density at radius 3 is 2.45 bits per heavy atom. The summed E-state index contributed by atoms with van der Waals surface area (Å²) in [5, 5.41) is 9.01. The van der Waals surface area contributed by atoms with Crippen LogP contribution in [0.5, 0.6) is 0 Å². The smallest absolute Gasteiger partial charge is 0.307 e. The first-order valence-corrected chi connectivity index (χ1v) is 7.23. The van der Waals surface area contributed by atoms with Crippen molar-refractivity contribution < 1.29 is 19.1 Å². The predicted molar refractivity (Wildman–Crippen MR) is 78.6 cm³/mol. The second-order valence-electron chi connectivity index (χ2n) is 5.55. The molecule has 5 heteroatoms. The number of hydrogen-bond donors (Lipinski definition) is 1. The van der Waals surface area contributed by atoms with E-state index in [-0.39, 0.29) is 5.91 Å². The standard InChI is InChI=1S/C17H17NO4/c19-16(14-9-15(14)17(20)21)18(11-13-7-4-8-22-13)10-12-5-2-1-3-6-12/h1-8,14-15H,9-11H2,(H,20,21)/t14-,15-/m0/s1. The van der Waals surface area contributed by atoms with Crippen LogP contribution in [-0.2, 0) is 22.7 Å². The molecule has 2 aromatic rings. The van der Waals surface area contributed by atoms with Crippen molar-refractivity contribution in [2.24, 2.45) is 11.8 Å². The van der Waals surface area contributed by atoms with Gasteiger partial charge in [-0.15, -0.1) is 0 Å². The number of carboxylic acid groups (broad SMARTS) is 1. The van der Waals surface area contributed by atoms with Crippen LogP contribution < -0.4 is 0 Å². The Bertz CT molecular complexity index is 651. The molecule has 0 bridgehead atoms. The van der Waals surface area contributed by atoms with E-state index in [1.54, 1.807) is 17.2 Å². The molecule has 0 spiro atoms. The number of carbonyl (C=O) groups is 2. The molecule has 1 aromatic heterocycles. The molecule has 1 amide bonds.